The van der Waals surface area contributed by atoms with Gasteiger partial charge in [0.2, 0.25) is 0 Å². The molecule has 1 N–H and O–H groups in total. The van der Waals surface area contributed by atoms with Crippen LogP contribution in [0.1, 0.15) is 77.0 Å². The van der Waals surface area contributed by atoms with Gasteiger partial charge in [0.1, 0.15) is 6.54 Å². The van der Waals surface area contributed by atoms with Gasteiger partial charge in [-0.05, 0) is 69.6 Å². The monoisotopic (exact) mass is 396 g/mol. The van der Waals surface area contributed by atoms with Gasteiger partial charge in [-0.15, -0.1) is 0 Å². The first kappa shape index (κ1) is 17.5. The Bertz CT molecular complexity index is 445. The van der Waals surface area contributed by atoms with E-state index in [0.29, 0.717) is 16.5 Å². The van der Waals surface area contributed by atoms with Crippen molar-refractivity contribution in [2.45, 2.75) is 87.9 Å². The second-order valence-electron chi connectivity index (χ2n) is 9.20. The molecule has 136 valence electrons. The van der Waals surface area contributed by atoms with Crippen LogP contribution in [-0.2, 0) is 4.79 Å². The van der Waals surface area contributed by atoms with Crippen LogP contribution >= 0.6 is 15.9 Å². The van der Waals surface area contributed by atoms with Crippen LogP contribution in [0.5, 0.6) is 0 Å². The van der Waals surface area contributed by atoms with Crippen LogP contribution in [0.3, 0.4) is 0 Å². The number of alkyl halides is 1. The van der Waals surface area contributed by atoms with Crippen LogP contribution in [-0.4, -0.2) is 29.7 Å². The van der Waals surface area contributed by atoms with Crippen LogP contribution in [0, 0.1) is 23.7 Å². The van der Waals surface area contributed by atoms with Crippen LogP contribution in [0.15, 0.2) is 0 Å². The molecule has 3 heteroatoms. The number of nitrogens with one attached hydrogen (secondary N) is 1. The molecule has 0 aromatic rings. The van der Waals surface area contributed by atoms with Crippen molar-refractivity contribution in [2.24, 2.45) is 23.7 Å². The van der Waals surface area contributed by atoms with Gasteiger partial charge >= 0.3 is 0 Å². The molecule has 4 fully saturated rings. The lowest BCUT2D eigenvalue weighted by atomic mass is 9.61. The summed E-state index contributed by atoms with van der Waals surface area (Å²) in [4.78, 5) is 15.2. The van der Waals surface area contributed by atoms with Crippen molar-refractivity contribution in [3.63, 3.8) is 0 Å². The lowest BCUT2D eigenvalue weighted by Gasteiger charge is -2.50. The summed E-state index contributed by atoms with van der Waals surface area (Å²) in [5.74, 6) is 3.95. The number of hydrogen-bond donors (Lipinski definition) is 1. The number of carbonyl (C=O) groups excluding carboxylic acids is 1. The molecule has 2 nitrogen and oxygen atoms in total. The molecule has 4 rings (SSSR count). The highest BCUT2D eigenvalue weighted by molar-refractivity contribution is 9.09. The van der Waals surface area contributed by atoms with E-state index in [2.05, 4.69) is 15.9 Å². The van der Waals surface area contributed by atoms with Gasteiger partial charge in [-0.2, -0.15) is 0 Å². The summed E-state index contributed by atoms with van der Waals surface area (Å²) in [5.41, 5.74) is 0. The average Bonchev–Trinajstić information content (AvgIpc) is 2.62. The first-order chi connectivity index (χ1) is 11.7. The Morgan fingerprint density at radius 3 is 2.42 bits per heavy atom. The standard InChI is InChI=1S/C21H34BrNO/c22-17-10-7-16(8-11-17)21(24)14-23-13-3-6-19-18-5-2-1-4-15(18)9-12-20(19)23/h15-20H,1-14H2/p+1. The first-order valence-electron chi connectivity index (χ1n) is 10.7. The van der Waals surface area contributed by atoms with Gasteiger partial charge in [-0.3, -0.25) is 4.79 Å². The largest absolute Gasteiger partial charge is 0.326 e. The van der Waals surface area contributed by atoms with E-state index in [1.165, 1.54) is 70.8 Å². The van der Waals surface area contributed by atoms with Gasteiger partial charge in [0.05, 0.1) is 12.6 Å². The van der Waals surface area contributed by atoms with Gasteiger partial charge in [0, 0.05) is 16.7 Å². The van der Waals surface area contributed by atoms with Crippen LogP contribution in [0.25, 0.3) is 0 Å². The number of rotatable bonds is 3. The molecular weight excluding hydrogens is 362 g/mol. The number of hydrogen-bond acceptors (Lipinski definition) is 1. The van der Waals surface area contributed by atoms with Crippen molar-refractivity contribution in [1.82, 2.24) is 0 Å². The third-order valence-corrected chi connectivity index (χ3v) is 8.87. The zero-order valence-corrected chi connectivity index (χ0v) is 16.7. The van der Waals surface area contributed by atoms with Crippen LogP contribution < -0.4 is 4.90 Å². The zero-order chi connectivity index (χ0) is 16.5. The minimum Gasteiger partial charge on any atom is -0.326 e. The summed E-state index contributed by atoms with van der Waals surface area (Å²) in [6.45, 7) is 2.11. The molecule has 24 heavy (non-hydrogen) atoms. The van der Waals surface area contributed by atoms with E-state index < -0.39 is 0 Å². The fourth-order valence-corrected chi connectivity index (χ4v) is 7.23. The van der Waals surface area contributed by atoms with Gasteiger partial charge in [0.25, 0.3) is 0 Å². The first-order valence-corrected chi connectivity index (χ1v) is 11.7. The second-order valence-corrected chi connectivity index (χ2v) is 10.5. The molecule has 5 atom stereocenters. The molecule has 5 unspecified atom stereocenters. The van der Waals surface area contributed by atoms with Gasteiger partial charge in [-0.25, -0.2) is 0 Å². The summed E-state index contributed by atoms with van der Waals surface area (Å²) in [5, 5.41) is 0. The van der Waals surface area contributed by atoms with Crippen molar-refractivity contribution in [1.29, 1.82) is 0 Å². The molecule has 0 radical (unpaired) electrons. The molecule has 4 aliphatic rings. The molecule has 1 heterocycles. The van der Waals surface area contributed by atoms with Gasteiger partial charge in [0.15, 0.2) is 5.78 Å². The molecule has 0 aromatic carbocycles. The normalized spacial score (nSPS) is 46.0. The number of likely N-dealkylation sites (tertiary alicyclic amines) is 1. The predicted molar refractivity (Wildman–Crippen MR) is 102 cm³/mol. The Kier molecular flexibility index (Phi) is 5.68. The molecule has 3 aliphatic carbocycles. The molecule has 1 aliphatic heterocycles. The Labute approximate surface area is 156 Å². The van der Waals surface area contributed by atoms with E-state index in [1.807, 2.05) is 0 Å². The number of halogens is 1. The van der Waals surface area contributed by atoms with Crippen molar-refractivity contribution >= 4 is 21.7 Å². The predicted octanol–water partition coefficient (Wildman–Crippen LogP) is 3.77. The van der Waals surface area contributed by atoms with E-state index in [4.69, 9.17) is 0 Å². The number of ketones is 1. The van der Waals surface area contributed by atoms with Crippen molar-refractivity contribution in [2.75, 3.05) is 13.1 Å². The Hall–Kier alpha value is 0.110. The third-order valence-electron chi connectivity index (χ3n) is 7.96. The number of quaternary nitrogens is 1. The third kappa shape index (κ3) is 3.63. The molecule has 0 bridgehead atoms. The number of piperidine rings is 1. The maximum Gasteiger partial charge on any atom is 0.189 e. The molecule has 0 spiro atoms. The van der Waals surface area contributed by atoms with E-state index in [-0.39, 0.29) is 0 Å². The van der Waals surface area contributed by atoms with Crippen LogP contribution in [0.4, 0.5) is 0 Å². The van der Waals surface area contributed by atoms with Crippen LogP contribution in [0.2, 0.25) is 0 Å². The Morgan fingerprint density at radius 2 is 1.58 bits per heavy atom. The number of fused-ring (bicyclic) bond motifs is 3. The highest BCUT2D eigenvalue weighted by atomic mass is 79.9. The maximum atomic E-state index is 12.9. The molecular formula is C21H35BrNO+. The summed E-state index contributed by atoms with van der Waals surface area (Å²) < 4.78 is 0. The lowest BCUT2D eigenvalue weighted by molar-refractivity contribution is -0.929. The van der Waals surface area contributed by atoms with E-state index in [1.54, 1.807) is 4.90 Å². The van der Waals surface area contributed by atoms with Crippen molar-refractivity contribution in [3.8, 4) is 0 Å². The summed E-state index contributed by atoms with van der Waals surface area (Å²) in [6.07, 6.45) is 16.3. The number of carbonyl (C=O) groups is 1. The highest BCUT2D eigenvalue weighted by Gasteiger charge is 2.46. The van der Waals surface area contributed by atoms with E-state index in [0.717, 1.165) is 43.2 Å². The highest BCUT2D eigenvalue weighted by Crippen LogP contribution is 2.45. The lowest BCUT2D eigenvalue weighted by Crippen LogP contribution is -3.18. The van der Waals surface area contributed by atoms with Crippen molar-refractivity contribution < 1.29 is 9.69 Å². The SMILES string of the molecule is O=C(C[NH+]1CCCC2C3CCCCC3CCC21)C1CCC(Br)CC1. The van der Waals surface area contributed by atoms with Gasteiger partial charge in [-0.1, -0.05) is 35.2 Å². The fraction of sp³-hybridized carbons (Fsp3) is 0.952. The second kappa shape index (κ2) is 7.78. The average molecular weight is 397 g/mol. The Balaban J connectivity index is 1.38. The maximum absolute atomic E-state index is 12.9. The smallest absolute Gasteiger partial charge is 0.189 e. The summed E-state index contributed by atoms with van der Waals surface area (Å²) in [6, 6.07) is 0.814. The van der Waals surface area contributed by atoms with E-state index >= 15 is 0 Å². The zero-order valence-electron chi connectivity index (χ0n) is 15.1. The summed E-state index contributed by atoms with van der Waals surface area (Å²) in [7, 11) is 0. The number of Topliss-reactive ketones (excluding diaryl/α,β-unsaturated/α-hetero) is 1. The topological polar surface area (TPSA) is 21.5 Å². The minimum atomic E-state index is 0.373. The summed E-state index contributed by atoms with van der Waals surface area (Å²) >= 11 is 3.72. The Morgan fingerprint density at radius 1 is 0.833 bits per heavy atom. The van der Waals surface area contributed by atoms with Crippen molar-refractivity contribution in [3.05, 3.63) is 0 Å². The molecule has 0 aromatic heterocycles. The quantitative estimate of drug-likeness (QED) is 0.720. The molecule has 1 saturated heterocycles. The van der Waals surface area contributed by atoms with E-state index in [9.17, 15) is 4.79 Å². The van der Waals surface area contributed by atoms with Gasteiger partial charge < -0.3 is 4.90 Å². The fourth-order valence-electron chi connectivity index (χ4n) is 6.70. The minimum absolute atomic E-state index is 0.373. The molecule has 3 saturated carbocycles. The molecule has 0 amide bonds.